The summed E-state index contributed by atoms with van der Waals surface area (Å²) in [7, 11) is 4.68. The fourth-order valence-electron chi connectivity index (χ4n) is 1.97. The lowest BCUT2D eigenvalue weighted by atomic mass is 10.2. The van der Waals surface area contributed by atoms with E-state index in [2.05, 4.69) is 26.5 Å². The normalized spacial score (nSPS) is 10.5. The summed E-state index contributed by atoms with van der Waals surface area (Å²) in [6.45, 7) is 0. The van der Waals surface area contributed by atoms with Crippen LogP contribution in [0.2, 0.25) is 0 Å². The van der Waals surface area contributed by atoms with Crippen molar-refractivity contribution in [2.75, 3.05) is 21.3 Å². The molecule has 0 saturated carbocycles. The minimum atomic E-state index is -0.314. The molecule has 1 N–H and O–H groups in total. The highest BCUT2D eigenvalue weighted by Gasteiger charge is 2.11. The monoisotopic (exact) mass is 392 g/mol. The van der Waals surface area contributed by atoms with Gasteiger partial charge in [-0.1, -0.05) is 0 Å². The van der Waals surface area contributed by atoms with Gasteiger partial charge in [-0.2, -0.15) is 5.10 Å². The zero-order valence-corrected chi connectivity index (χ0v) is 15.1. The number of ether oxygens (including phenoxy) is 3. The molecular formula is C17H17BrN2O4. The maximum Gasteiger partial charge on any atom is 0.271 e. The van der Waals surface area contributed by atoms with Gasteiger partial charge in [0, 0.05) is 11.1 Å². The first-order valence-electron chi connectivity index (χ1n) is 6.98. The molecule has 1 amide bonds. The van der Waals surface area contributed by atoms with Crippen LogP contribution in [0, 0.1) is 0 Å². The van der Waals surface area contributed by atoms with Crippen LogP contribution in [0.4, 0.5) is 0 Å². The molecule has 24 heavy (non-hydrogen) atoms. The van der Waals surface area contributed by atoms with Crippen molar-refractivity contribution < 1.29 is 19.0 Å². The SMILES string of the molecule is COc1ccc(C(=O)N/N=C\c2ccc(OC)c(OC)c2Br)cc1. The lowest BCUT2D eigenvalue weighted by Gasteiger charge is -2.10. The Labute approximate surface area is 148 Å². The smallest absolute Gasteiger partial charge is 0.271 e. The van der Waals surface area contributed by atoms with Gasteiger partial charge in [-0.25, -0.2) is 5.43 Å². The van der Waals surface area contributed by atoms with E-state index in [-0.39, 0.29) is 5.91 Å². The van der Waals surface area contributed by atoms with Crippen molar-refractivity contribution in [3.05, 3.63) is 52.0 Å². The van der Waals surface area contributed by atoms with Crippen molar-refractivity contribution in [2.45, 2.75) is 0 Å². The van der Waals surface area contributed by atoms with E-state index in [9.17, 15) is 4.79 Å². The van der Waals surface area contributed by atoms with E-state index in [1.165, 1.54) is 6.21 Å². The van der Waals surface area contributed by atoms with Crippen LogP contribution in [0.15, 0.2) is 46.0 Å². The summed E-state index contributed by atoms with van der Waals surface area (Å²) in [6, 6.07) is 10.3. The predicted molar refractivity (Wildman–Crippen MR) is 95.3 cm³/mol. The minimum Gasteiger partial charge on any atom is -0.497 e. The van der Waals surface area contributed by atoms with E-state index < -0.39 is 0 Å². The van der Waals surface area contributed by atoms with Crippen molar-refractivity contribution in [3.8, 4) is 17.2 Å². The summed E-state index contributed by atoms with van der Waals surface area (Å²) in [6.07, 6.45) is 1.52. The lowest BCUT2D eigenvalue weighted by Crippen LogP contribution is -2.17. The third kappa shape index (κ3) is 4.05. The molecule has 2 rings (SSSR count). The van der Waals surface area contributed by atoms with Gasteiger partial charge in [-0.15, -0.1) is 0 Å². The number of benzene rings is 2. The molecule has 0 aromatic heterocycles. The Morgan fingerprint density at radius 1 is 1.04 bits per heavy atom. The first kappa shape index (κ1) is 17.8. The summed E-state index contributed by atoms with van der Waals surface area (Å²) in [5, 5.41) is 3.97. The van der Waals surface area contributed by atoms with Gasteiger partial charge in [-0.3, -0.25) is 4.79 Å². The van der Waals surface area contributed by atoms with Crippen LogP contribution >= 0.6 is 15.9 Å². The molecule has 6 nitrogen and oxygen atoms in total. The number of methoxy groups -OCH3 is 3. The first-order chi connectivity index (χ1) is 11.6. The third-order valence-electron chi connectivity index (χ3n) is 3.24. The number of hydrazone groups is 1. The number of amides is 1. The van der Waals surface area contributed by atoms with Gasteiger partial charge in [0.1, 0.15) is 5.75 Å². The van der Waals surface area contributed by atoms with Crippen molar-refractivity contribution in [2.24, 2.45) is 5.10 Å². The topological polar surface area (TPSA) is 69.2 Å². The lowest BCUT2D eigenvalue weighted by molar-refractivity contribution is 0.0955. The maximum atomic E-state index is 12.0. The second-order valence-corrected chi connectivity index (χ2v) is 5.42. The number of nitrogens with zero attached hydrogens (tertiary/aromatic N) is 1. The number of hydrogen-bond acceptors (Lipinski definition) is 5. The fourth-order valence-corrected chi connectivity index (χ4v) is 2.56. The molecule has 0 aliphatic carbocycles. The van der Waals surface area contributed by atoms with Gasteiger partial charge >= 0.3 is 0 Å². The molecule has 0 aliphatic heterocycles. The number of nitrogens with one attached hydrogen (secondary N) is 1. The number of hydrogen-bond donors (Lipinski definition) is 1. The van der Waals surface area contributed by atoms with E-state index in [1.807, 2.05) is 0 Å². The summed E-state index contributed by atoms with van der Waals surface area (Å²) in [5.41, 5.74) is 3.70. The number of halogens is 1. The number of carbonyl (C=O) groups is 1. The summed E-state index contributed by atoms with van der Waals surface area (Å²) in [5.74, 6) is 1.53. The zero-order valence-electron chi connectivity index (χ0n) is 13.5. The number of carbonyl (C=O) groups excluding carboxylic acids is 1. The van der Waals surface area contributed by atoms with Crippen molar-refractivity contribution >= 4 is 28.1 Å². The van der Waals surface area contributed by atoms with Crippen LogP contribution in [0.3, 0.4) is 0 Å². The Morgan fingerprint density at radius 3 is 2.33 bits per heavy atom. The predicted octanol–water partition coefficient (Wildman–Crippen LogP) is 3.24. The standard InChI is InChI=1S/C17H17BrN2O4/c1-22-13-7-4-11(5-8-13)17(21)20-19-10-12-6-9-14(23-2)16(24-3)15(12)18/h4-10H,1-3H3,(H,20,21)/b19-10-. The van der Waals surface area contributed by atoms with Gasteiger partial charge in [0.25, 0.3) is 5.91 Å². The van der Waals surface area contributed by atoms with E-state index in [1.54, 1.807) is 57.7 Å². The van der Waals surface area contributed by atoms with E-state index in [0.29, 0.717) is 27.3 Å². The zero-order chi connectivity index (χ0) is 17.5. The van der Waals surface area contributed by atoms with Crippen molar-refractivity contribution in [3.63, 3.8) is 0 Å². The third-order valence-corrected chi connectivity index (χ3v) is 4.05. The quantitative estimate of drug-likeness (QED) is 0.605. The molecule has 0 fully saturated rings. The highest BCUT2D eigenvalue weighted by molar-refractivity contribution is 9.10. The highest BCUT2D eigenvalue weighted by Crippen LogP contribution is 2.36. The van der Waals surface area contributed by atoms with Crippen molar-refractivity contribution in [1.82, 2.24) is 5.43 Å². The molecule has 0 heterocycles. The van der Waals surface area contributed by atoms with Gasteiger partial charge in [0.15, 0.2) is 11.5 Å². The summed E-state index contributed by atoms with van der Waals surface area (Å²) < 4.78 is 16.2. The second-order valence-electron chi connectivity index (χ2n) is 4.63. The van der Waals surface area contributed by atoms with Crippen LogP contribution in [-0.4, -0.2) is 33.5 Å². The summed E-state index contributed by atoms with van der Waals surface area (Å²) >= 11 is 3.44. The fraction of sp³-hybridized carbons (Fsp3) is 0.176. The van der Waals surface area contributed by atoms with Crippen LogP contribution in [0.1, 0.15) is 15.9 Å². The molecule has 0 radical (unpaired) electrons. The molecule has 0 atom stereocenters. The van der Waals surface area contributed by atoms with E-state index in [0.717, 1.165) is 5.56 Å². The van der Waals surface area contributed by atoms with Crippen LogP contribution in [-0.2, 0) is 0 Å². The molecule has 7 heteroatoms. The second kappa shape index (κ2) is 8.35. The molecule has 2 aromatic rings. The van der Waals surface area contributed by atoms with Crippen LogP contribution in [0.25, 0.3) is 0 Å². The Morgan fingerprint density at radius 2 is 1.75 bits per heavy atom. The van der Waals surface area contributed by atoms with Crippen LogP contribution in [0.5, 0.6) is 17.2 Å². The molecule has 0 spiro atoms. The average Bonchev–Trinajstić information content (AvgIpc) is 2.62. The molecule has 0 saturated heterocycles. The van der Waals surface area contributed by atoms with Gasteiger partial charge in [0.2, 0.25) is 0 Å². The Hall–Kier alpha value is -2.54. The van der Waals surface area contributed by atoms with Gasteiger partial charge in [0.05, 0.1) is 32.0 Å². The van der Waals surface area contributed by atoms with Crippen LogP contribution < -0.4 is 19.6 Å². The van der Waals surface area contributed by atoms with Crippen molar-refractivity contribution in [1.29, 1.82) is 0 Å². The first-order valence-corrected chi connectivity index (χ1v) is 7.78. The summed E-state index contributed by atoms with van der Waals surface area (Å²) in [4.78, 5) is 12.0. The van der Waals surface area contributed by atoms with E-state index in [4.69, 9.17) is 14.2 Å². The van der Waals surface area contributed by atoms with Gasteiger partial charge < -0.3 is 14.2 Å². The Balaban J connectivity index is 2.09. The van der Waals surface area contributed by atoms with Gasteiger partial charge in [-0.05, 0) is 52.3 Å². The number of rotatable bonds is 6. The molecular weight excluding hydrogens is 376 g/mol. The highest BCUT2D eigenvalue weighted by atomic mass is 79.9. The molecule has 0 aliphatic rings. The molecule has 0 unspecified atom stereocenters. The molecule has 0 bridgehead atoms. The molecule has 126 valence electrons. The minimum absolute atomic E-state index is 0.314. The Bertz CT molecular complexity index is 745. The van der Waals surface area contributed by atoms with E-state index >= 15 is 0 Å². The maximum absolute atomic E-state index is 12.0. The average molecular weight is 393 g/mol. The Kier molecular flexibility index (Phi) is 6.20. The molecule has 2 aromatic carbocycles. The largest absolute Gasteiger partial charge is 0.497 e.